The van der Waals surface area contributed by atoms with Crippen LogP contribution < -0.4 is 5.32 Å². The van der Waals surface area contributed by atoms with Gasteiger partial charge in [-0.1, -0.05) is 30.3 Å². The smallest absolute Gasteiger partial charge is 0.0407 e. The molecule has 1 N–H and O–H groups in total. The molecule has 0 saturated carbocycles. The van der Waals surface area contributed by atoms with Crippen LogP contribution in [0, 0.1) is 0 Å². The molecule has 1 heterocycles. The monoisotopic (exact) mass is 145 g/mol. The van der Waals surface area contributed by atoms with Gasteiger partial charge in [-0.05, 0) is 12.5 Å². The molecule has 1 nitrogen and oxygen atoms in total. The summed E-state index contributed by atoms with van der Waals surface area (Å²) in [7, 11) is 0. The highest BCUT2D eigenvalue weighted by Crippen LogP contribution is 2.22. The SMILES string of the molecule is C/C=C1/NCc2ccccc21. The van der Waals surface area contributed by atoms with E-state index in [0.29, 0.717) is 0 Å². The van der Waals surface area contributed by atoms with E-state index < -0.39 is 0 Å². The number of fused-ring (bicyclic) bond motifs is 1. The van der Waals surface area contributed by atoms with Gasteiger partial charge >= 0.3 is 0 Å². The van der Waals surface area contributed by atoms with Crippen molar-refractivity contribution in [3.05, 3.63) is 41.5 Å². The van der Waals surface area contributed by atoms with Crippen molar-refractivity contribution >= 4 is 5.70 Å². The molecule has 0 saturated heterocycles. The number of allylic oxidation sites excluding steroid dienone is 1. The molecule has 1 aromatic carbocycles. The number of rotatable bonds is 0. The van der Waals surface area contributed by atoms with Crippen molar-refractivity contribution in [2.24, 2.45) is 0 Å². The predicted molar refractivity (Wildman–Crippen MR) is 46.9 cm³/mol. The highest BCUT2D eigenvalue weighted by molar-refractivity contribution is 5.70. The third-order valence-corrected chi connectivity index (χ3v) is 2.07. The Labute approximate surface area is 66.7 Å². The Balaban J connectivity index is 2.55. The van der Waals surface area contributed by atoms with Crippen LogP contribution in [0.15, 0.2) is 30.3 Å². The molecule has 0 radical (unpaired) electrons. The molecule has 1 aliphatic rings. The van der Waals surface area contributed by atoms with Crippen molar-refractivity contribution < 1.29 is 0 Å². The lowest BCUT2D eigenvalue weighted by atomic mass is 10.1. The summed E-state index contributed by atoms with van der Waals surface area (Å²) < 4.78 is 0. The first-order valence-corrected chi connectivity index (χ1v) is 3.90. The summed E-state index contributed by atoms with van der Waals surface area (Å²) in [6, 6.07) is 8.48. The van der Waals surface area contributed by atoms with Crippen LogP contribution in [0.4, 0.5) is 0 Å². The molecule has 2 rings (SSSR count). The van der Waals surface area contributed by atoms with Crippen molar-refractivity contribution in [1.82, 2.24) is 5.32 Å². The first-order chi connectivity index (χ1) is 5.42. The molecule has 0 fully saturated rings. The summed E-state index contributed by atoms with van der Waals surface area (Å²) in [6.45, 7) is 3.04. The minimum atomic E-state index is 0.982. The summed E-state index contributed by atoms with van der Waals surface area (Å²) in [5, 5.41) is 3.33. The van der Waals surface area contributed by atoms with Crippen molar-refractivity contribution in [3.63, 3.8) is 0 Å². The summed E-state index contributed by atoms with van der Waals surface area (Å²) in [4.78, 5) is 0. The zero-order valence-corrected chi connectivity index (χ0v) is 6.59. The van der Waals surface area contributed by atoms with Crippen LogP contribution in [0.5, 0.6) is 0 Å². The quantitative estimate of drug-likeness (QED) is 0.589. The van der Waals surface area contributed by atoms with Crippen LogP contribution >= 0.6 is 0 Å². The number of benzene rings is 1. The Hall–Kier alpha value is -1.24. The topological polar surface area (TPSA) is 12.0 Å². The van der Waals surface area contributed by atoms with Crippen molar-refractivity contribution in [2.45, 2.75) is 13.5 Å². The van der Waals surface area contributed by atoms with Gasteiger partial charge in [-0.15, -0.1) is 0 Å². The van der Waals surface area contributed by atoms with Gasteiger partial charge in [0.2, 0.25) is 0 Å². The Morgan fingerprint density at radius 3 is 3.00 bits per heavy atom. The molecule has 1 aliphatic heterocycles. The van der Waals surface area contributed by atoms with Crippen LogP contribution in [0.2, 0.25) is 0 Å². The van der Waals surface area contributed by atoms with E-state index in [1.165, 1.54) is 16.8 Å². The molecule has 0 bridgehead atoms. The van der Waals surface area contributed by atoms with E-state index in [9.17, 15) is 0 Å². The molecule has 0 spiro atoms. The van der Waals surface area contributed by atoms with Crippen LogP contribution in [-0.2, 0) is 6.54 Å². The lowest BCUT2D eigenvalue weighted by Crippen LogP contribution is -1.99. The van der Waals surface area contributed by atoms with Gasteiger partial charge in [-0.3, -0.25) is 0 Å². The first-order valence-electron chi connectivity index (χ1n) is 3.90. The zero-order valence-electron chi connectivity index (χ0n) is 6.59. The molecule has 1 heteroatoms. The van der Waals surface area contributed by atoms with Gasteiger partial charge in [0.1, 0.15) is 0 Å². The standard InChI is InChI=1S/C10H11N/c1-2-10-9-6-4-3-5-8(9)7-11-10/h2-6,11H,7H2,1H3/b10-2+. The van der Waals surface area contributed by atoms with E-state index in [0.717, 1.165) is 6.54 Å². The van der Waals surface area contributed by atoms with Gasteiger partial charge < -0.3 is 5.32 Å². The van der Waals surface area contributed by atoms with E-state index in [4.69, 9.17) is 0 Å². The maximum atomic E-state index is 3.33. The largest absolute Gasteiger partial charge is 0.381 e. The van der Waals surface area contributed by atoms with Gasteiger partial charge in [0.05, 0.1) is 0 Å². The van der Waals surface area contributed by atoms with Gasteiger partial charge in [0.15, 0.2) is 0 Å². The van der Waals surface area contributed by atoms with Crippen LogP contribution in [-0.4, -0.2) is 0 Å². The van der Waals surface area contributed by atoms with E-state index >= 15 is 0 Å². The Kier molecular flexibility index (Phi) is 1.42. The normalized spacial score (nSPS) is 18.1. The van der Waals surface area contributed by atoms with Crippen LogP contribution in [0.3, 0.4) is 0 Å². The van der Waals surface area contributed by atoms with Crippen LogP contribution in [0.25, 0.3) is 5.70 Å². The summed E-state index contributed by atoms with van der Waals surface area (Å²) >= 11 is 0. The van der Waals surface area contributed by atoms with Crippen molar-refractivity contribution in [3.8, 4) is 0 Å². The average Bonchev–Trinajstić information content (AvgIpc) is 2.47. The lowest BCUT2D eigenvalue weighted by molar-refractivity contribution is 0.943. The Morgan fingerprint density at radius 1 is 1.36 bits per heavy atom. The van der Waals surface area contributed by atoms with E-state index in [1.807, 2.05) is 0 Å². The summed E-state index contributed by atoms with van der Waals surface area (Å²) in [5.74, 6) is 0. The Bertz CT molecular complexity index is 299. The minimum absolute atomic E-state index is 0.982. The second-order valence-electron chi connectivity index (χ2n) is 2.71. The summed E-state index contributed by atoms with van der Waals surface area (Å²) in [6.07, 6.45) is 2.12. The zero-order chi connectivity index (χ0) is 7.68. The fourth-order valence-corrected chi connectivity index (χ4v) is 1.48. The van der Waals surface area contributed by atoms with Crippen molar-refractivity contribution in [2.75, 3.05) is 0 Å². The minimum Gasteiger partial charge on any atom is -0.381 e. The molecular formula is C10H11N. The second kappa shape index (κ2) is 2.42. The van der Waals surface area contributed by atoms with E-state index in [-0.39, 0.29) is 0 Å². The molecule has 0 aromatic heterocycles. The maximum Gasteiger partial charge on any atom is 0.0407 e. The van der Waals surface area contributed by atoms with Gasteiger partial charge in [0.25, 0.3) is 0 Å². The highest BCUT2D eigenvalue weighted by Gasteiger charge is 2.12. The molecule has 0 aliphatic carbocycles. The molecule has 0 amide bonds. The second-order valence-corrected chi connectivity index (χ2v) is 2.71. The molecule has 56 valence electrons. The van der Waals surface area contributed by atoms with E-state index in [2.05, 4.69) is 42.6 Å². The number of nitrogens with one attached hydrogen (secondary N) is 1. The lowest BCUT2D eigenvalue weighted by Gasteiger charge is -1.96. The number of hydrogen-bond donors (Lipinski definition) is 1. The highest BCUT2D eigenvalue weighted by atomic mass is 14.9. The predicted octanol–water partition coefficient (Wildman–Crippen LogP) is 2.15. The molecule has 11 heavy (non-hydrogen) atoms. The van der Waals surface area contributed by atoms with Gasteiger partial charge in [0, 0.05) is 17.8 Å². The first kappa shape index (κ1) is 6.47. The fraction of sp³-hybridized carbons (Fsp3) is 0.200. The van der Waals surface area contributed by atoms with Gasteiger partial charge in [-0.2, -0.15) is 0 Å². The summed E-state index contributed by atoms with van der Waals surface area (Å²) in [5.41, 5.74) is 4.02. The maximum absolute atomic E-state index is 3.33. The molecular weight excluding hydrogens is 134 g/mol. The third-order valence-electron chi connectivity index (χ3n) is 2.07. The van der Waals surface area contributed by atoms with Gasteiger partial charge in [-0.25, -0.2) is 0 Å². The number of hydrogen-bond acceptors (Lipinski definition) is 1. The van der Waals surface area contributed by atoms with E-state index in [1.54, 1.807) is 0 Å². The van der Waals surface area contributed by atoms with Crippen LogP contribution in [0.1, 0.15) is 18.1 Å². The average molecular weight is 145 g/mol. The molecule has 0 unspecified atom stereocenters. The Morgan fingerprint density at radius 2 is 2.18 bits per heavy atom. The van der Waals surface area contributed by atoms with Crippen molar-refractivity contribution in [1.29, 1.82) is 0 Å². The molecule has 0 atom stereocenters. The fourth-order valence-electron chi connectivity index (χ4n) is 1.48. The third kappa shape index (κ3) is 0.929. The molecule has 1 aromatic rings.